The van der Waals surface area contributed by atoms with Crippen molar-refractivity contribution < 1.29 is 33.9 Å². The lowest BCUT2D eigenvalue weighted by Crippen LogP contribution is -2.58. The van der Waals surface area contributed by atoms with Gasteiger partial charge in [-0.2, -0.15) is 0 Å². The van der Waals surface area contributed by atoms with E-state index in [9.17, 15) is 19.7 Å². The van der Waals surface area contributed by atoms with Gasteiger partial charge in [0.2, 0.25) is 6.29 Å². The zero-order valence-electron chi connectivity index (χ0n) is 14.1. The summed E-state index contributed by atoms with van der Waals surface area (Å²) in [5.41, 5.74) is 1.04. The molecule has 142 valence electrons. The predicted molar refractivity (Wildman–Crippen MR) is 93.4 cm³/mol. The summed E-state index contributed by atoms with van der Waals surface area (Å²) in [6.45, 7) is -0.618. The summed E-state index contributed by atoms with van der Waals surface area (Å²) in [5, 5.41) is 30.8. The Balaban J connectivity index is 1.71. The van der Waals surface area contributed by atoms with Crippen molar-refractivity contribution in [3.05, 3.63) is 46.2 Å². The summed E-state index contributed by atoms with van der Waals surface area (Å²) in [4.78, 5) is 0.892. The van der Waals surface area contributed by atoms with Crippen molar-refractivity contribution in [1.29, 1.82) is 0 Å². The third-order valence-corrected chi connectivity index (χ3v) is 5.17. The summed E-state index contributed by atoms with van der Waals surface area (Å²) in [6, 6.07) is 9.32. The Morgan fingerprint density at radius 1 is 1.15 bits per heavy atom. The van der Waals surface area contributed by atoms with Gasteiger partial charge >= 0.3 is 0 Å². The van der Waals surface area contributed by atoms with Gasteiger partial charge in [-0.05, 0) is 29.1 Å². The van der Waals surface area contributed by atoms with E-state index < -0.39 is 37.4 Å². The van der Waals surface area contributed by atoms with E-state index in [0.717, 1.165) is 16.2 Å². The average molecular weight is 384 g/mol. The number of aliphatic hydroxyl groups is 3. The number of alkyl halides is 1. The van der Waals surface area contributed by atoms with E-state index in [4.69, 9.17) is 14.2 Å². The van der Waals surface area contributed by atoms with Crippen molar-refractivity contribution in [1.82, 2.24) is 0 Å². The zero-order valence-corrected chi connectivity index (χ0v) is 14.9. The average Bonchev–Trinajstić information content (AvgIpc) is 3.09. The van der Waals surface area contributed by atoms with Crippen LogP contribution in [-0.4, -0.2) is 59.8 Å². The van der Waals surface area contributed by atoms with Crippen LogP contribution in [0.2, 0.25) is 0 Å². The molecule has 1 aliphatic heterocycles. The van der Waals surface area contributed by atoms with Crippen molar-refractivity contribution in [2.45, 2.75) is 37.2 Å². The van der Waals surface area contributed by atoms with Gasteiger partial charge in [0.1, 0.15) is 29.8 Å². The van der Waals surface area contributed by atoms with Crippen LogP contribution in [0.3, 0.4) is 0 Å². The lowest BCUT2D eigenvalue weighted by Gasteiger charge is -2.38. The molecular formula is C18H21FO6S. The van der Waals surface area contributed by atoms with Gasteiger partial charge in [-0.15, -0.1) is 11.3 Å². The number of hydrogen-bond acceptors (Lipinski definition) is 7. The first-order valence-corrected chi connectivity index (χ1v) is 9.04. The van der Waals surface area contributed by atoms with Crippen molar-refractivity contribution in [3.8, 4) is 11.5 Å². The third kappa shape index (κ3) is 3.99. The van der Waals surface area contributed by atoms with Crippen LogP contribution in [0.1, 0.15) is 10.4 Å². The summed E-state index contributed by atoms with van der Waals surface area (Å²) in [6.07, 6.45) is -7.04. The first kappa shape index (κ1) is 19.1. The molecule has 8 heteroatoms. The number of methoxy groups -OCH3 is 1. The molecule has 2 aromatic rings. The van der Waals surface area contributed by atoms with E-state index in [1.807, 2.05) is 29.6 Å². The molecule has 1 aliphatic rings. The zero-order chi connectivity index (χ0) is 18.7. The minimum absolute atomic E-state index is 0.482. The molecule has 6 nitrogen and oxygen atoms in total. The lowest BCUT2D eigenvalue weighted by molar-refractivity contribution is -0.265. The molecule has 1 aromatic carbocycles. The van der Waals surface area contributed by atoms with E-state index in [1.165, 1.54) is 11.3 Å². The highest BCUT2D eigenvalue weighted by atomic mass is 32.1. The first-order chi connectivity index (χ1) is 12.5. The molecule has 3 N–H and O–H groups in total. The number of benzene rings is 1. The van der Waals surface area contributed by atoms with Crippen LogP contribution in [0, 0.1) is 0 Å². The molecule has 0 spiro atoms. The molecule has 26 heavy (non-hydrogen) atoms. The Bertz CT molecular complexity index is 704. The van der Waals surface area contributed by atoms with E-state index in [2.05, 4.69) is 0 Å². The van der Waals surface area contributed by atoms with Crippen molar-refractivity contribution in [3.63, 3.8) is 0 Å². The maximum absolute atomic E-state index is 13.8. The number of aliphatic hydroxyl groups excluding tert-OH is 3. The number of hydrogen-bond donors (Lipinski definition) is 3. The van der Waals surface area contributed by atoms with Crippen LogP contribution < -0.4 is 9.47 Å². The molecule has 0 saturated carbocycles. The maximum atomic E-state index is 13.8. The quantitative estimate of drug-likeness (QED) is 0.700. The molecule has 2 heterocycles. The topological polar surface area (TPSA) is 88.4 Å². The molecule has 3 rings (SSSR count). The molecular weight excluding hydrogens is 363 g/mol. The fourth-order valence-corrected chi connectivity index (χ4v) is 3.59. The van der Waals surface area contributed by atoms with Gasteiger partial charge in [0.15, 0.2) is 6.17 Å². The second-order valence-corrected chi connectivity index (χ2v) is 7.00. The van der Waals surface area contributed by atoms with Crippen LogP contribution in [0.15, 0.2) is 35.7 Å². The van der Waals surface area contributed by atoms with Gasteiger partial charge in [-0.3, -0.25) is 0 Å². The Kier molecular flexibility index (Phi) is 6.10. The highest BCUT2D eigenvalue weighted by Crippen LogP contribution is 2.32. The smallest absolute Gasteiger partial charge is 0.229 e. The molecule has 5 atom stereocenters. The second kappa shape index (κ2) is 8.32. The van der Waals surface area contributed by atoms with Gasteiger partial charge < -0.3 is 29.5 Å². The van der Waals surface area contributed by atoms with Crippen LogP contribution in [0.25, 0.3) is 0 Å². The van der Waals surface area contributed by atoms with E-state index in [0.29, 0.717) is 12.2 Å². The summed E-state index contributed by atoms with van der Waals surface area (Å²) in [5.74, 6) is 1.25. The van der Waals surface area contributed by atoms with Crippen LogP contribution in [-0.2, 0) is 11.2 Å². The van der Waals surface area contributed by atoms with Crippen molar-refractivity contribution in [2.75, 3.05) is 13.7 Å². The normalized spacial score (nSPS) is 28.7. The van der Waals surface area contributed by atoms with E-state index >= 15 is 0 Å². The molecule has 0 aliphatic carbocycles. The second-order valence-electron chi connectivity index (χ2n) is 6.00. The van der Waals surface area contributed by atoms with Gasteiger partial charge in [-0.1, -0.05) is 12.1 Å². The fraction of sp³-hybridized carbons (Fsp3) is 0.444. The van der Waals surface area contributed by atoms with Gasteiger partial charge in [0.25, 0.3) is 0 Å². The Labute approximate surface area is 154 Å². The Hall–Kier alpha value is -1.71. The van der Waals surface area contributed by atoms with Gasteiger partial charge in [0, 0.05) is 6.42 Å². The predicted octanol–water partition coefficient (Wildman–Crippen LogP) is 1.50. The number of rotatable bonds is 6. The SMILES string of the molecule is COc1ccc(Cc2sccc2OC2OC(CO)C(F)C(O)C2O)cc1. The highest BCUT2D eigenvalue weighted by Gasteiger charge is 2.46. The molecule has 0 amide bonds. The number of ether oxygens (including phenoxy) is 3. The number of thiophene rings is 1. The van der Waals surface area contributed by atoms with E-state index in [-0.39, 0.29) is 0 Å². The monoisotopic (exact) mass is 384 g/mol. The van der Waals surface area contributed by atoms with E-state index in [1.54, 1.807) is 13.2 Å². The Morgan fingerprint density at radius 3 is 2.54 bits per heavy atom. The van der Waals surface area contributed by atoms with Crippen LogP contribution in [0.5, 0.6) is 11.5 Å². The molecule has 5 unspecified atom stereocenters. The fourth-order valence-electron chi connectivity index (χ4n) is 2.76. The molecule has 1 aromatic heterocycles. The van der Waals surface area contributed by atoms with Crippen LogP contribution >= 0.6 is 11.3 Å². The molecule has 0 bridgehead atoms. The molecule has 1 saturated heterocycles. The first-order valence-electron chi connectivity index (χ1n) is 8.16. The maximum Gasteiger partial charge on any atom is 0.229 e. The minimum Gasteiger partial charge on any atom is -0.497 e. The third-order valence-electron chi connectivity index (χ3n) is 4.27. The molecule has 1 fully saturated rings. The standard InChI is InChI=1S/C18H21FO6S/c1-23-11-4-2-10(3-5-11)8-14-12(6-7-26-14)24-18-17(22)16(21)15(19)13(9-20)25-18/h2-7,13,15-18,20-22H,8-9H2,1H3. The summed E-state index contributed by atoms with van der Waals surface area (Å²) in [7, 11) is 1.60. The molecule has 0 radical (unpaired) electrons. The highest BCUT2D eigenvalue weighted by molar-refractivity contribution is 7.10. The largest absolute Gasteiger partial charge is 0.497 e. The minimum atomic E-state index is -1.88. The summed E-state index contributed by atoms with van der Waals surface area (Å²) < 4.78 is 29.9. The Morgan fingerprint density at radius 2 is 1.88 bits per heavy atom. The number of halogens is 1. The van der Waals surface area contributed by atoms with Crippen LogP contribution in [0.4, 0.5) is 4.39 Å². The summed E-state index contributed by atoms with van der Waals surface area (Å²) >= 11 is 1.47. The van der Waals surface area contributed by atoms with Gasteiger partial charge in [-0.25, -0.2) is 4.39 Å². The van der Waals surface area contributed by atoms with Gasteiger partial charge in [0.05, 0.1) is 18.6 Å². The van der Waals surface area contributed by atoms with Crippen molar-refractivity contribution in [2.24, 2.45) is 0 Å². The lowest BCUT2D eigenvalue weighted by atomic mass is 10.0. The van der Waals surface area contributed by atoms with Crippen molar-refractivity contribution >= 4 is 11.3 Å².